The Morgan fingerprint density at radius 3 is 2.71 bits per heavy atom. The highest BCUT2D eigenvalue weighted by Gasteiger charge is 2.25. The lowest BCUT2D eigenvalue weighted by molar-refractivity contribution is 0.0956. The molecule has 0 aliphatic heterocycles. The van der Waals surface area contributed by atoms with Crippen LogP contribution in [0.4, 0.5) is 10.7 Å². The maximum Gasteiger partial charge on any atom is 0.263 e. The first kappa shape index (κ1) is 13.9. The number of amides is 1. The summed E-state index contributed by atoms with van der Waals surface area (Å²) in [5.74, 6) is -0.0524. The van der Waals surface area contributed by atoms with Gasteiger partial charge in [0.15, 0.2) is 0 Å². The molecule has 0 saturated heterocycles. The lowest BCUT2D eigenvalue weighted by atomic mass is 10.1. The number of thiophene rings is 1. The quantitative estimate of drug-likeness (QED) is 0.795. The molecule has 0 atom stereocenters. The van der Waals surface area contributed by atoms with Crippen LogP contribution in [0.15, 0.2) is 30.3 Å². The summed E-state index contributed by atoms with van der Waals surface area (Å²) in [5.41, 5.74) is 8.94. The van der Waals surface area contributed by atoms with E-state index in [0.29, 0.717) is 16.6 Å². The summed E-state index contributed by atoms with van der Waals surface area (Å²) in [7, 11) is 0. The van der Waals surface area contributed by atoms with E-state index < -0.39 is 0 Å². The van der Waals surface area contributed by atoms with Crippen LogP contribution in [0.3, 0.4) is 0 Å². The molecule has 1 aliphatic carbocycles. The monoisotopic (exact) mass is 301 g/mol. The van der Waals surface area contributed by atoms with Crippen LogP contribution in [0.2, 0.25) is 0 Å². The van der Waals surface area contributed by atoms with E-state index in [1.165, 1.54) is 22.5 Å². The van der Waals surface area contributed by atoms with Gasteiger partial charge in [0, 0.05) is 12.6 Å². The van der Waals surface area contributed by atoms with Crippen molar-refractivity contribution < 1.29 is 4.79 Å². The molecule has 1 heterocycles. The Bertz CT molecular complexity index is 644. The first-order valence-electron chi connectivity index (χ1n) is 7.11. The Hall–Kier alpha value is -2.01. The summed E-state index contributed by atoms with van der Waals surface area (Å²) < 4.78 is 0. The van der Waals surface area contributed by atoms with Gasteiger partial charge in [0.05, 0.1) is 10.7 Å². The second-order valence-electron chi connectivity index (χ2n) is 5.48. The molecule has 0 spiro atoms. The minimum absolute atomic E-state index is 0.0524. The minimum atomic E-state index is -0.0524. The first-order valence-corrected chi connectivity index (χ1v) is 7.93. The fourth-order valence-corrected chi connectivity index (χ4v) is 2.92. The summed E-state index contributed by atoms with van der Waals surface area (Å²) in [5, 5.41) is 7.22. The Morgan fingerprint density at radius 1 is 1.33 bits per heavy atom. The van der Waals surface area contributed by atoms with Crippen LogP contribution in [-0.4, -0.2) is 11.9 Å². The third-order valence-corrected chi connectivity index (χ3v) is 4.57. The van der Waals surface area contributed by atoms with Gasteiger partial charge in [-0.25, -0.2) is 0 Å². The summed E-state index contributed by atoms with van der Waals surface area (Å²) in [6.07, 6.45) is 2.16. The van der Waals surface area contributed by atoms with Gasteiger partial charge in [0.2, 0.25) is 0 Å². The zero-order valence-corrected chi connectivity index (χ0v) is 12.8. The van der Waals surface area contributed by atoms with E-state index in [0.717, 1.165) is 24.4 Å². The van der Waals surface area contributed by atoms with Crippen LogP contribution in [0.1, 0.15) is 33.6 Å². The molecule has 0 unspecified atom stereocenters. The summed E-state index contributed by atoms with van der Waals surface area (Å²) in [6, 6.07) is 10.6. The van der Waals surface area contributed by atoms with Crippen molar-refractivity contribution in [3.63, 3.8) is 0 Å². The van der Waals surface area contributed by atoms with E-state index >= 15 is 0 Å². The van der Waals surface area contributed by atoms with E-state index in [9.17, 15) is 4.79 Å². The highest BCUT2D eigenvalue weighted by Crippen LogP contribution is 2.30. The van der Waals surface area contributed by atoms with E-state index in [4.69, 9.17) is 5.73 Å². The van der Waals surface area contributed by atoms with Crippen molar-refractivity contribution >= 4 is 27.9 Å². The molecular formula is C16H19N3OS. The van der Waals surface area contributed by atoms with E-state index in [-0.39, 0.29) is 5.91 Å². The molecule has 0 radical (unpaired) electrons. The Kier molecular flexibility index (Phi) is 3.84. The van der Waals surface area contributed by atoms with Crippen molar-refractivity contribution in [2.24, 2.45) is 0 Å². The summed E-state index contributed by atoms with van der Waals surface area (Å²) in [4.78, 5) is 12.6. The minimum Gasteiger partial charge on any atom is -0.397 e. The fraction of sp³-hybridized carbons (Fsp3) is 0.312. The third-order valence-electron chi connectivity index (χ3n) is 3.47. The van der Waals surface area contributed by atoms with Crippen LogP contribution in [0.25, 0.3) is 0 Å². The maximum absolute atomic E-state index is 12.0. The molecule has 3 rings (SSSR count). The Balaban J connectivity index is 1.63. The molecule has 110 valence electrons. The highest BCUT2D eigenvalue weighted by molar-refractivity contribution is 7.18. The predicted octanol–water partition coefficient (Wildman–Crippen LogP) is 3.14. The van der Waals surface area contributed by atoms with Crippen LogP contribution in [0.5, 0.6) is 0 Å². The molecule has 1 aromatic carbocycles. The number of aryl methyl sites for hydroxylation is 1. The Labute approximate surface area is 128 Å². The third kappa shape index (κ3) is 3.55. The van der Waals surface area contributed by atoms with Crippen molar-refractivity contribution in [3.8, 4) is 0 Å². The van der Waals surface area contributed by atoms with Crippen LogP contribution in [0, 0.1) is 6.92 Å². The van der Waals surface area contributed by atoms with Crippen LogP contribution < -0.4 is 16.4 Å². The Morgan fingerprint density at radius 2 is 2.05 bits per heavy atom. The fourth-order valence-electron chi connectivity index (χ4n) is 2.04. The van der Waals surface area contributed by atoms with Crippen molar-refractivity contribution in [2.45, 2.75) is 32.4 Å². The van der Waals surface area contributed by atoms with Gasteiger partial charge in [-0.1, -0.05) is 29.8 Å². The van der Waals surface area contributed by atoms with Gasteiger partial charge >= 0.3 is 0 Å². The summed E-state index contributed by atoms with van der Waals surface area (Å²) >= 11 is 1.41. The topological polar surface area (TPSA) is 67.1 Å². The first-order chi connectivity index (χ1) is 10.1. The van der Waals surface area contributed by atoms with Crippen molar-refractivity contribution in [2.75, 3.05) is 11.1 Å². The number of rotatable bonds is 5. The highest BCUT2D eigenvalue weighted by atomic mass is 32.1. The number of nitrogen functional groups attached to an aromatic ring is 1. The molecule has 1 fully saturated rings. The molecule has 2 aromatic rings. The van der Waals surface area contributed by atoms with Gasteiger partial charge in [-0.15, -0.1) is 11.3 Å². The summed E-state index contributed by atoms with van der Waals surface area (Å²) in [6.45, 7) is 2.80. The molecule has 0 bridgehead atoms. The predicted molar refractivity (Wildman–Crippen MR) is 87.7 cm³/mol. The SMILES string of the molecule is Cc1ccc(CNc2cc(N)c(C(=O)NC3CC3)s2)cc1. The van der Waals surface area contributed by atoms with Crippen molar-refractivity contribution in [1.82, 2.24) is 5.32 Å². The zero-order chi connectivity index (χ0) is 14.8. The van der Waals surface area contributed by atoms with Gasteiger partial charge in [-0.3, -0.25) is 4.79 Å². The molecule has 21 heavy (non-hydrogen) atoms. The number of carbonyl (C=O) groups excluding carboxylic acids is 1. The molecular weight excluding hydrogens is 282 g/mol. The number of benzene rings is 1. The molecule has 4 N–H and O–H groups in total. The van der Waals surface area contributed by atoms with Gasteiger partial charge in [-0.05, 0) is 31.4 Å². The molecule has 1 aliphatic rings. The number of hydrogen-bond donors (Lipinski definition) is 3. The lowest BCUT2D eigenvalue weighted by Gasteiger charge is -2.04. The number of anilines is 2. The number of nitrogens with two attached hydrogens (primary N) is 1. The van der Waals surface area contributed by atoms with Gasteiger partial charge in [-0.2, -0.15) is 0 Å². The molecule has 1 saturated carbocycles. The van der Waals surface area contributed by atoms with Crippen molar-refractivity contribution in [1.29, 1.82) is 0 Å². The largest absolute Gasteiger partial charge is 0.397 e. The lowest BCUT2D eigenvalue weighted by Crippen LogP contribution is -2.25. The number of hydrogen-bond acceptors (Lipinski definition) is 4. The molecule has 1 aromatic heterocycles. The van der Waals surface area contributed by atoms with Crippen molar-refractivity contribution in [3.05, 3.63) is 46.3 Å². The van der Waals surface area contributed by atoms with Gasteiger partial charge in [0.1, 0.15) is 4.88 Å². The van der Waals surface area contributed by atoms with Gasteiger partial charge in [0.25, 0.3) is 5.91 Å². The second-order valence-corrected chi connectivity index (χ2v) is 6.53. The molecule has 4 nitrogen and oxygen atoms in total. The van der Waals surface area contributed by atoms with Crippen LogP contribution >= 0.6 is 11.3 Å². The molecule has 1 amide bonds. The van der Waals surface area contributed by atoms with Gasteiger partial charge < -0.3 is 16.4 Å². The van der Waals surface area contributed by atoms with E-state index in [1.807, 2.05) is 6.07 Å². The second kappa shape index (κ2) is 5.77. The smallest absolute Gasteiger partial charge is 0.263 e. The van der Waals surface area contributed by atoms with E-state index in [2.05, 4.69) is 41.8 Å². The standard InChI is InChI=1S/C16H19N3OS/c1-10-2-4-11(5-3-10)9-18-14-8-13(17)15(21-14)16(20)19-12-6-7-12/h2-5,8,12,18H,6-7,9,17H2,1H3,(H,19,20). The normalized spacial score (nSPS) is 14.0. The number of carbonyl (C=O) groups is 1. The number of nitrogens with one attached hydrogen (secondary N) is 2. The van der Waals surface area contributed by atoms with Crippen LogP contribution in [-0.2, 0) is 6.54 Å². The maximum atomic E-state index is 12.0. The zero-order valence-electron chi connectivity index (χ0n) is 12.0. The average Bonchev–Trinajstić information content (AvgIpc) is 3.19. The average molecular weight is 301 g/mol. The van der Waals surface area contributed by atoms with E-state index in [1.54, 1.807) is 0 Å². The molecule has 5 heteroatoms.